The molecule has 0 aliphatic rings. The number of nitro groups is 1. The SMILES string of the molecule is O=[N+]([O-])c1ccc(-c2cncn2-c2ccc(CS(=O)O)cn2)cc1. The molecule has 0 bridgehead atoms. The van der Waals surface area contributed by atoms with Crippen molar-refractivity contribution >= 4 is 16.8 Å². The van der Waals surface area contributed by atoms with Gasteiger partial charge in [0.25, 0.3) is 5.69 Å². The third-order valence-corrected chi connectivity index (χ3v) is 3.94. The normalized spacial score (nSPS) is 12.0. The number of hydrogen-bond acceptors (Lipinski definition) is 5. The minimum atomic E-state index is -1.91. The maximum absolute atomic E-state index is 10.8. The zero-order valence-electron chi connectivity index (χ0n) is 12.3. The lowest BCUT2D eigenvalue weighted by atomic mass is 10.1. The van der Waals surface area contributed by atoms with E-state index >= 15 is 0 Å². The van der Waals surface area contributed by atoms with Crippen LogP contribution in [-0.4, -0.2) is 28.2 Å². The lowest BCUT2D eigenvalue weighted by molar-refractivity contribution is -0.384. The topological polar surface area (TPSA) is 111 Å². The van der Waals surface area contributed by atoms with Gasteiger partial charge < -0.3 is 4.55 Å². The number of pyridine rings is 1. The third-order valence-electron chi connectivity index (χ3n) is 3.36. The summed E-state index contributed by atoms with van der Waals surface area (Å²) in [5.41, 5.74) is 2.16. The van der Waals surface area contributed by atoms with Crippen LogP contribution < -0.4 is 0 Å². The summed E-state index contributed by atoms with van der Waals surface area (Å²) in [5, 5.41) is 10.7. The summed E-state index contributed by atoms with van der Waals surface area (Å²) >= 11 is -1.91. The summed E-state index contributed by atoms with van der Waals surface area (Å²) in [5.74, 6) is 0.611. The van der Waals surface area contributed by atoms with Gasteiger partial charge in [0.2, 0.25) is 0 Å². The first-order valence-electron chi connectivity index (χ1n) is 6.84. The van der Waals surface area contributed by atoms with Gasteiger partial charge in [-0.25, -0.2) is 14.2 Å². The van der Waals surface area contributed by atoms with Crippen LogP contribution in [0.25, 0.3) is 17.1 Å². The molecule has 0 amide bonds. The van der Waals surface area contributed by atoms with E-state index in [1.54, 1.807) is 41.4 Å². The van der Waals surface area contributed by atoms with E-state index in [2.05, 4.69) is 9.97 Å². The molecule has 0 fully saturated rings. The number of imidazole rings is 1. The van der Waals surface area contributed by atoms with Crippen LogP contribution in [0.1, 0.15) is 5.56 Å². The van der Waals surface area contributed by atoms with Crippen molar-refractivity contribution in [2.24, 2.45) is 0 Å². The monoisotopic (exact) mass is 344 g/mol. The molecule has 122 valence electrons. The molecule has 0 aliphatic heterocycles. The quantitative estimate of drug-likeness (QED) is 0.432. The molecule has 0 saturated carbocycles. The largest absolute Gasteiger partial charge is 0.306 e. The van der Waals surface area contributed by atoms with Crippen LogP contribution in [0.2, 0.25) is 0 Å². The minimum absolute atomic E-state index is 0.0179. The summed E-state index contributed by atoms with van der Waals surface area (Å²) in [6.45, 7) is 0. The fourth-order valence-corrected chi connectivity index (χ4v) is 2.69. The van der Waals surface area contributed by atoms with Gasteiger partial charge in [0.15, 0.2) is 11.1 Å². The Morgan fingerprint density at radius 3 is 2.50 bits per heavy atom. The van der Waals surface area contributed by atoms with Gasteiger partial charge in [-0.1, -0.05) is 6.07 Å². The molecule has 8 nitrogen and oxygen atoms in total. The van der Waals surface area contributed by atoms with Crippen LogP contribution in [-0.2, 0) is 16.8 Å². The Kier molecular flexibility index (Phi) is 4.45. The molecule has 1 N–H and O–H groups in total. The van der Waals surface area contributed by atoms with Gasteiger partial charge in [-0.3, -0.25) is 14.7 Å². The van der Waals surface area contributed by atoms with Crippen LogP contribution >= 0.6 is 0 Å². The Morgan fingerprint density at radius 2 is 1.92 bits per heavy atom. The highest BCUT2D eigenvalue weighted by atomic mass is 32.2. The smallest absolute Gasteiger partial charge is 0.269 e. The molecule has 2 aromatic heterocycles. The highest BCUT2D eigenvalue weighted by molar-refractivity contribution is 7.78. The van der Waals surface area contributed by atoms with Crippen molar-refractivity contribution in [3.63, 3.8) is 0 Å². The highest BCUT2D eigenvalue weighted by Gasteiger charge is 2.11. The van der Waals surface area contributed by atoms with E-state index in [0.717, 1.165) is 11.3 Å². The van der Waals surface area contributed by atoms with Crippen molar-refractivity contribution in [1.82, 2.24) is 14.5 Å². The molecule has 0 spiro atoms. The molecule has 0 aliphatic carbocycles. The first kappa shape index (κ1) is 16.0. The molecule has 0 radical (unpaired) electrons. The Balaban J connectivity index is 1.92. The number of non-ortho nitro benzene ring substituents is 1. The molecule has 1 atom stereocenters. The number of hydrogen-bond donors (Lipinski definition) is 1. The van der Waals surface area contributed by atoms with Gasteiger partial charge >= 0.3 is 0 Å². The summed E-state index contributed by atoms with van der Waals surface area (Å²) in [6, 6.07) is 9.60. The van der Waals surface area contributed by atoms with Crippen molar-refractivity contribution in [1.29, 1.82) is 0 Å². The fourth-order valence-electron chi connectivity index (χ4n) is 2.23. The lowest BCUT2D eigenvalue weighted by Gasteiger charge is -2.08. The fraction of sp³-hybridized carbons (Fsp3) is 0.0667. The summed E-state index contributed by atoms with van der Waals surface area (Å²) in [7, 11) is 0. The number of rotatable bonds is 5. The van der Waals surface area contributed by atoms with Crippen molar-refractivity contribution in [3.8, 4) is 17.1 Å². The van der Waals surface area contributed by atoms with Crippen LogP contribution in [0, 0.1) is 10.1 Å². The van der Waals surface area contributed by atoms with Gasteiger partial charge in [0.05, 0.1) is 22.6 Å². The third kappa shape index (κ3) is 3.36. The molecule has 24 heavy (non-hydrogen) atoms. The molecule has 2 heterocycles. The average molecular weight is 344 g/mol. The average Bonchev–Trinajstić information content (AvgIpc) is 3.04. The molecular weight excluding hydrogens is 332 g/mol. The van der Waals surface area contributed by atoms with E-state index in [9.17, 15) is 14.3 Å². The van der Waals surface area contributed by atoms with Gasteiger partial charge in [-0.15, -0.1) is 0 Å². The first-order valence-corrected chi connectivity index (χ1v) is 8.12. The van der Waals surface area contributed by atoms with Gasteiger partial charge in [0.1, 0.15) is 12.1 Å². The van der Waals surface area contributed by atoms with E-state index in [-0.39, 0.29) is 11.4 Å². The van der Waals surface area contributed by atoms with Gasteiger partial charge in [0, 0.05) is 23.9 Å². The molecule has 0 saturated heterocycles. The second kappa shape index (κ2) is 6.69. The van der Waals surface area contributed by atoms with Gasteiger partial charge in [-0.2, -0.15) is 0 Å². The van der Waals surface area contributed by atoms with E-state index in [1.807, 2.05) is 0 Å². The molecule has 9 heteroatoms. The Morgan fingerprint density at radius 1 is 1.17 bits per heavy atom. The van der Waals surface area contributed by atoms with Crippen molar-refractivity contribution < 1.29 is 13.7 Å². The van der Waals surface area contributed by atoms with Crippen molar-refractivity contribution in [2.45, 2.75) is 5.75 Å². The molecule has 3 aromatic rings. The molecule has 1 aromatic carbocycles. The standard InChI is InChI=1S/C15H12N4O4S/c20-19(21)13-4-2-12(3-5-13)14-8-16-10-18(14)15-6-1-11(7-17-15)9-24(22)23/h1-8,10H,9H2,(H,22,23). The summed E-state index contributed by atoms with van der Waals surface area (Å²) < 4.78 is 21.4. The predicted octanol–water partition coefficient (Wildman–Crippen LogP) is 2.56. The predicted molar refractivity (Wildman–Crippen MR) is 87.9 cm³/mol. The van der Waals surface area contributed by atoms with Crippen molar-refractivity contribution in [2.75, 3.05) is 0 Å². The Labute approximate surface area is 139 Å². The minimum Gasteiger partial charge on any atom is -0.306 e. The van der Waals surface area contributed by atoms with E-state index in [0.29, 0.717) is 11.4 Å². The van der Waals surface area contributed by atoms with Crippen LogP contribution in [0.3, 0.4) is 0 Å². The first-order chi connectivity index (χ1) is 11.5. The van der Waals surface area contributed by atoms with Crippen LogP contribution in [0.5, 0.6) is 0 Å². The number of nitro benzene ring substituents is 1. The summed E-state index contributed by atoms with van der Waals surface area (Å²) in [4.78, 5) is 18.7. The number of nitrogens with zero attached hydrogens (tertiary/aromatic N) is 4. The number of benzene rings is 1. The molecule has 1 unspecified atom stereocenters. The molecule has 3 rings (SSSR count). The van der Waals surface area contributed by atoms with E-state index < -0.39 is 16.0 Å². The van der Waals surface area contributed by atoms with E-state index in [1.165, 1.54) is 18.3 Å². The molecular formula is C15H12N4O4S. The van der Waals surface area contributed by atoms with E-state index in [4.69, 9.17) is 4.55 Å². The maximum atomic E-state index is 10.8. The lowest BCUT2D eigenvalue weighted by Crippen LogP contribution is -2.00. The van der Waals surface area contributed by atoms with Crippen molar-refractivity contribution in [3.05, 3.63) is 70.8 Å². The zero-order valence-corrected chi connectivity index (χ0v) is 13.1. The van der Waals surface area contributed by atoms with Crippen LogP contribution in [0.4, 0.5) is 5.69 Å². The number of aromatic nitrogens is 3. The maximum Gasteiger partial charge on any atom is 0.269 e. The zero-order chi connectivity index (χ0) is 17.1. The van der Waals surface area contributed by atoms with Gasteiger partial charge in [-0.05, 0) is 23.8 Å². The second-order valence-electron chi connectivity index (χ2n) is 4.94. The Hall–Kier alpha value is -2.91. The second-order valence-corrected chi connectivity index (χ2v) is 5.87. The Bertz CT molecular complexity index is 891. The van der Waals surface area contributed by atoms with Crippen LogP contribution in [0.15, 0.2) is 55.1 Å². The summed E-state index contributed by atoms with van der Waals surface area (Å²) in [6.07, 6.45) is 4.76. The highest BCUT2D eigenvalue weighted by Crippen LogP contribution is 2.24.